The summed E-state index contributed by atoms with van der Waals surface area (Å²) in [5.74, 6) is -0.493. The third-order valence-electron chi connectivity index (χ3n) is 2.25. The van der Waals surface area contributed by atoms with Crippen molar-refractivity contribution in [3.05, 3.63) is 24.2 Å². The zero-order chi connectivity index (χ0) is 12.7. The van der Waals surface area contributed by atoms with Gasteiger partial charge in [0.2, 0.25) is 5.91 Å². The molecule has 6 heteroatoms. The normalized spacial score (nSPS) is 10.0. The number of hydrogen-bond donors (Lipinski definition) is 2. The van der Waals surface area contributed by atoms with Crippen molar-refractivity contribution in [3.63, 3.8) is 0 Å². The molecular formula is C11H16N2O4. The largest absolute Gasteiger partial charge is 0.459 e. The number of nitrogens with one attached hydrogen (secondary N) is 1. The van der Waals surface area contributed by atoms with Crippen LogP contribution >= 0.6 is 0 Å². The molecule has 0 atom stereocenters. The Morgan fingerprint density at radius 1 is 1.53 bits per heavy atom. The second kappa shape index (κ2) is 6.70. The first-order chi connectivity index (χ1) is 8.19. The molecule has 1 aromatic rings. The summed E-state index contributed by atoms with van der Waals surface area (Å²) in [6.45, 7) is 2.38. The third kappa shape index (κ3) is 3.92. The van der Waals surface area contributed by atoms with Crippen molar-refractivity contribution in [3.8, 4) is 0 Å². The second-order valence-electron chi connectivity index (χ2n) is 3.36. The number of carbonyl (C=O) groups excluding carboxylic acids is 2. The fourth-order valence-electron chi connectivity index (χ4n) is 1.34. The monoisotopic (exact) mass is 240 g/mol. The fourth-order valence-corrected chi connectivity index (χ4v) is 1.34. The highest BCUT2D eigenvalue weighted by Gasteiger charge is 2.14. The summed E-state index contributed by atoms with van der Waals surface area (Å²) in [6.07, 6.45) is 1.39. The number of carbonyl (C=O) groups is 2. The zero-order valence-corrected chi connectivity index (χ0v) is 9.68. The minimum atomic E-state index is -0.427. The van der Waals surface area contributed by atoms with Gasteiger partial charge in [-0.2, -0.15) is 0 Å². The van der Waals surface area contributed by atoms with Gasteiger partial charge in [-0.15, -0.1) is 0 Å². The third-order valence-corrected chi connectivity index (χ3v) is 2.25. The Kier molecular flexibility index (Phi) is 5.22. The molecule has 0 spiro atoms. The minimum Gasteiger partial charge on any atom is -0.459 e. The van der Waals surface area contributed by atoms with Gasteiger partial charge in [-0.3, -0.25) is 9.59 Å². The molecule has 0 aliphatic heterocycles. The Morgan fingerprint density at radius 2 is 2.29 bits per heavy atom. The molecule has 0 saturated carbocycles. The fraction of sp³-hybridized carbons (Fsp3) is 0.455. The van der Waals surface area contributed by atoms with Crippen LogP contribution in [0.4, 0.5) is 0 Å². The molecule has 1 aromatic heterocycles. The topological polar surface area (TPSA) is 82.8 Å². The maximum atomic E-state index is 11.6. The standard InChI is InChI=1S/C11H16N2O4/c1-2-13(5-6-14)10(15)8-12-11(16)9-4-3-7-17-9/h3-4,7,14H,2,5-6,8H2,1H3,(H,12,16). The quantitative estimate of drug-likeness (QED) is 0.724. The summed E-state index contributed by atoms with van der Waals surface area (Å²) in [5.41, 5.74) is 0. The maximum Gasteiger partial charge on any atom is 0.287 e. The molecule has 17 heavy (non-hydrogen) atoms. The van der Waals surface area contributed by atoms with Crippen LogP contribution in [0.5, 0.6) is 0 Å². The molecule has 0 radical (unpaired) electrons. The average molecular weight is 240 g/mol. The highest BCUT2D eigenvalue weighted by molar-refractivity contribution is 5.94. The Morgan fingerprint density at radius 3 is 2.82 bits per heavy atom. The number of furan rings is 1. The number of likely N-dealkylation sites (N-methyl/N-ethyl adjacent to an activating group) is 1. The summed E-state index contributed by atoms with van der Waals surface area (Å²) in [5, 5.41) is 11.2. The van der Waals surface area contributed by atoms with Crippen LogP contribution in [0.3, 0.4) is 0 Å². The minimum absolute atomic E-state index is 0.0916. The van der Waals surface area contributed by atoms with Crippen LogP contribution in [0.1, 0.15) is 17.5 Å². The van der Waals surface area contributed by atoms with E-state index in [2.05, 4.69) is 5.32 Å². The van der Waals surface area contributed by atoms with Crippen LogP contribution in [-0.4, -0.2) is 48.1 Å². The van der Waals surface area contributed by atoms with Gasteiger partial charge in [-0.1, -0.05) is 0 Å². The number of amides is 2. The van der Waals surface area contributed by atoms with Gasteiger partial charge in [0.05, 0.1) is 19.4 Å². The lowest BCUT2D eigenvalue weighted by Gasteiger charge is -2.19. The number of aliphatic hydroxyl groups excluding tert-OH is 1. The van der Waals surface area contributed by atoms with Crippen LogP contribution in [-0.2, 0) is 4.79 Å². The van der Waals surface area contributed by atoms with Gasteiger partial charge in [0.25, 0.3) is 5.91 Å². The Bertz CT molecular complexity index is 362. The number of aliphatic hydroxyl groups is 1. The molecule has 2 amide bonds. The zero-order valence-electron chi connectivity index (χ0n) is 9.68. The molecule has 6 nitrogen and oxygen atoms in total. The molecule has 0 bridgehead atoms. The predicted octanol–water partition coefficient (Wildman–Crippen LogP) is -0.150. The summed E-state index contributed by atoms with van der Waals surface area (Å²) in [7, 11) is 0. The lowest BCUT2D eigenvalue weighted by molar-refractivity contribution is -0.130. The van der Waals surface area contributed by atoms with Crippen molar-refractivity contribution in [1.82, 2.24) is 10.2 Å². The van der Waals surface area contributed by atoms with Gasteiger partial charge < -0.3 is 19.7 Å². The lowest BCUT2D eigenvalue weighted by Crippen LogP contribution is -2.41. The van der Waals surface area contributed by atoms with E-state index in [0.29, 0.717) is 6.54 Å². The van der Waals surface area contributed by atoms with E-state index in [1.807, 2.05) is 6.92 Å². The van der Waals surface area contributed by atoms with Crippen LogP contribution < -0.4 is 5.32 Å². The van der Waals surface area contributed by atoms with Crippen LogP contribution in [0.15, 0.2) is 22.8 Å². The molecule has 2 N–H and O–H groups in total. The van der Waals surface area contributed by atoms with E-state index in [9.17, 15) is 9.59 Å². The lowest BCUT2D eigenvalue weighted by atomic mass is 10.4. The van der Waals surface area contributed by atoms with Crippen molar-refractivity contribution in [1.29, 1.82) is 0 Å². The number of rotatable bonds is 6. The van der Waals surface area contributed by atoms with Crippen LogP contribution in [0.25, 0.3) is 0 Å². The summed E-state index contributed by atoms with van der Waals surface area (Å²) < 4.78 is 4.88. The van der Waals surface area contributed by atoms with Gasteiger partial charge in [0, 0.05) is 13.1 Å². The van der Waals surface area contributed by atoms with E-state index in [4.69, 9.17) is 9.52 Å². The highest BCUT2D eigenvalue weighted by atomic mass is 16.3. The predicted molar refractivity (Wildman–Crippen MR) is 60.4 cm³/mol. The van der Waals surface area contributed by atoms with Crippen molar-refractivity contribution in [2.24, 2.45) is 0 Å². The van der Waals surface area contributed by atoms with E-state index in [0.717, 1.165) is 0 Å². The Hall–Kier alpha value is -1.82. The highest BCUT2D eigenvalue weighted by Crippen LogP contribution is 1.98. The Labute approximate surface area is 99.2 Å². The first-order valence-corrected chi connectivity index (χ1v) is 5.39. The SMILES string of the molecule is CCN(CCO)C(=O)CNC(=O)c1ccco1. The van der Waals surface area contributed by atoms with Crippen molar-refractivity contribution in [2.75, 3.05) is 26.2 Å². The number of hydrogen-bond acceptors (Lipinski definition) is 4. The molecule has 0 aliphatic rings. The van der Waals surface area contributed by atoms with E-state index in [-0.39, 0.29) is 31.4 Å². The van der Waals surface area contributed by atoms with E-state index >= 15 is 0 Å². The van der Waals surface area contributed by atoms with Crippen molar-refractivity contribution >= 4 is 11.8 Å². The van der Waals surface area contributed by atoms with Crippen LogP contribution in [0, 0.1) is 0 Å². The maximum absolute atomic E-state index is 11.6. The molecule has 0 unspecified atom stereocenters. The van der Waals surface area contributed by atoms with Crippen LogP contribution in [0.2, 0.25) is 0 Å². The van der Waals surface area contributed by atoms with Crippen molar-refractivity contribution in [2.45, 2.75) is 6.92 Å². The molecular weight excluding hydrogens is 224 g/mol. The van der Waals surface area contributed by atoms with Gasteiger partial charge in [-0.05, 0) is 19.1 Å². The molecule has 0 aliphatic carbocycles. The second-order valence-corrected chi connectivity index (χ2v) is 3.36. The Balaban J connectivity index is 2.39. The number of nitrogens with zero attached hydrogens (tertiary/aromatic N) is 1. The molecule has 0 aromatic carbocycles. The smallest absolute Gasteiger partial charge is 0.287 e. The van der Waals surface area contributed by atoms with E-state index in [1.165, 1.54) is 17.2 Å². The van der Waals surface area contributed by atoms with E-state index < -0.39 is 5.91 Å². The van der Waals surface area contributed by atoms with Gasteiger partial charge in [0.1, 0.15) is 0 Å². The van der Waals surface area contributed by atoms with Gasteiger partial charge >= 0.3 is 0 Å². The summed E-state index contributed by atoms with van der Waals surface area (Å²) in [4.78, 5) is 24.5. The molecule has 1 rings (SSSR count). The van der Waals surface area contributed by atoms with Gasteiger partial charge in [0.15, 0.2) is 5.76 Å². The molecule has 94 valence electrons. The average Bonchev–Trinajstić information content (AvgIpc) is 2.86. The molecule has 1 heterocycles. The first kappa shape index (κ1) is 13.2. The summed E-state index contributed by atoms with van der Waals surface area (Å²) in [6, 6.07) is 3.12. The van der Waals surface area contributed by atoms with Gasteiger partial charge in [-0.25, -0.2) is 0 Å². The molecule has 0 fully saturated rings. The first-order valence-electron chi connectivity index (χ1n) is 5.39. The van der Waals surface area contributed by atoms with Crippen molar-refractivity contribution < 1.29 is 19.1 Å². The summed E-state index contributed by atoms with van der Waals surface area (Å²) >= 11 is 0. The van der Waals surface area contributed by atoms with E-state index in [1.54, 1.807) is 6.07 Å². The molecule has 0 saturated heterocycles.